The van der Waals surface area contributed by atoms with Crippen molar-refractivity contribution in [1.82, 2.24) is 9.97 Å². The summed E-state index contributed by atoms with van der Waals surface area (Å²) in [6.07, 6.45) is 0. The van der Waals surface area contributed by atoms with E-state index >= 15 is 0 Å². The van der Waals surface area contributed by atoms with Crippen LogP contribution in [0.3, 0.4) is 0 Å². The number of hydrogen-bond donors (Lipinski definition) is 1. The highest BCUT2D eigenvalue weighted by atomic mass is 79.9. The monoisotopic (exact) mass is 328 g/mol. The fourth-order valence-corrected chi connectivity index (χ4v) is 2.16. The van der Waals surface area contributed by atoms with Gasteiger partial charge in [0, 0.05) is 12.7 Å². The van der Waals surface area contributed by atoms with Crippen molar-refractivity contribution < 1.29 is 9.13 Å². The largest absolute Gasteiger partial charge is 0.377 e. The van der Waals surface area contributed by atoms with Crippen LogP contribution in [0.15, 0.2) is 28.7 Å². The number of hydrogen-bond acceptors (Lipinski definition) is 3. The summed E-state index contributed by atoms with van der Waals surface area (Å²) in [6.45, 7) is 0.299. The van der Waals surface area contributed by atoms with Crippen LogP contribution in [0.1, 0.15) is 5.82 Å². The van der Waals surface area contributed by atoms with Crippen molar-refractivity contribution in [3.8, 4) is 11.3 Å². The van der Waals surface area contributed by atoms with Gasteiger partial charge in [-0.25, -0.2) is 9.37 Å². The first-order chi connectivity index (χ1) is 8.61. The molecule has 0 amide bonds. The molecule has 0 aliphatic heterocycles. The van der Waals surface area contributed by atoms with Crippen LogP contribution in [-0.4, -0.2) is 17.1 Å². The topological polar surface area (TPSA) is 37.9 Å². The normalized spacial score (nSPS) is 10.6. The number of nitrogens with zero attached hydrogens (tertiary/aromatic N) is 1. The number of rotatable bonds is 3. The van der Waals surface area contributed by atoms with E-state index in [2.05, 4.69) is 25.9 Å². The molecular formula is C12H10BrFN2OS. The van der Waals surface area contributed by atoms with Crippen LogP contribution in [-0.2, 0) is 11.3 Å². The molecule has 0 unspecified atom stereocenters. The molecule has 2 rings (SSSR count). The average Bonchev–Trinajstić information content (AvgIpc) is 2.32. The molecule has 0 saturated heterocycles. The van der Waals surface area contributed by atoms with Gasteiger partial charge in [0.05, 0.1) is 10.2 Å². The molecule has 0 spiro atoms. The maximum atomic E-state index is 14.0. The lowest BCUT2D eigenvalue weighted by atomic mass is 10.1. The van der Waals surface area contributed by atoms with Crippen molar-refractivity contribution in [3.63, 3.8) is 0 Å². The molecule has 2 aromatic rings. The van der Waals surface area contributed by atoms with Gasteiger partial charge in [0.1, 0.15) is 22.9 Å². The second-order valence-corrected chi connectivity index (χ2v) is 4.89. The first-order valence-electron chi connectivity index (χ1n) is 5.15. The van der Waals surface area contributed by atoms with Crippen LogP contribution in [0.2, 0.25) is 0 Å². The Bertz CT molecular complexity index is 630. The first-order valence-corrected chi connectivity index (χ1v) is 6.35. The number of methoxy groups -OCH3 is 1. The van der Waals surface area contributed by atoms with E-state index in [1.165, 1.54) is 0 Å². The van der Waals surface area contributed by atoms with Crippen LogP contribution < -0.4 is 0 Å². The van der Waals surface area contributed by atoms with Gasteiger partial charge in [0.2, 0.25) is 0 Å². The van der Waals surface area contributed by atoms with E-state index in [9.17, 15) is 4.39 Å². The number of aromatic nitrogens is 2. The fraction of sp³-hybridized carbons (Fsp3) is 0.167. The summed E-state index contributed by atoms with van der Waals surface area (Å²) in [4.78, 5) is 7.11. The molecule has 1 heterocycles. The quantitative estimate of drug-likeness (QED) is 0.869. The third kappa shape index (κ3) is 2.82. The lowest BCUT2D eigenvalue weighted by Crippen LogP contribution is -1.99. The maximum absolute atomic E-state index is 14.0. The maximum Gasteiger partial charge on any atom is 0.146 e. The first kappa shape index (κ1) is 13.3. The van der Waals surface area contributed by atoms with Crippen molar-refractivity contribution in [2.24, 2.45) is 0 Å². The highest BCUT2D eigenvalue weighted by molar-refractivity contribution is 9.10. The van der Waals surface area contributed by atoms with Crippen LogP contribution in [0.25, 0.3) is 11.3 Å². The molecule has 0 bridgehead atoms. The third-order valence-electron chi connectivity index (χ3n) is 2.31. The van der Waals surface area contributed by atoms with E-state index in [4.69, 9.17) is 17.0 Å². The molecule has 0 saturated carbocycles. The molecule has 0 fully saturated rings. The summed E-state index contributed by atoms with van der Waals surface area (Å²) in [5.74, 6) is 0.233. The molecule has 0 aliphatic rings. The number of benzene rings is 1. The summed E-state index contributed by atoms with van der Waals surface area (Å²) in [7, 11) is 1.56. The SMILES string of the molecule is COCc1nc(=S)cc(-c2cccc(Br)c2F)[nH]1. The van der Waals surface area contributed by atoms with Gasteiger partial charge < -0.3 is 9.72 Å². The number of aromatic amines is 1. The number of ether oxygens (including phenoxy) is 1. The van der Waals surface area contributed by atoms with E-state index in [1.54, 1.807) is 31.4 Å². The van der Waals surface area contributed by atoms with Crippen LogP contribution in [0.4, 0.5) is 4.39 Å². The second-order valence-electron chi connectivity index (χ2n) is 3.61. The van der Waals surface area contributed by atoms with Crippen molar-refractivity contribution >= 4 is 28.1 Å². The van der Waals surface area contributed by atoms with Gasteiger partial charge in [0.15, 0.2) is 0 Å². The second kappa shape index (κ2) is 5.69. The number of halogens is 2. The van der Waals surface area contributed by atoms with Gasteiger partial charge in [-0.2, -0.15) is 0 Å². The molecular weight excluding hydrogens is 319 g/mol. The van der Waals surface area contributed by atoms with E-state index in [1.807, 2.05) is 0 Å². The average molecular weight is 329 g/mol. The zero-order valence-electron chi connectivity index (χ0n) is 9.54. The van der Waals surface area contributed by atoms with Gasteiger partial charge in [-0.1, -0.05) is 18.3 Å². The molecule has 1 aromatic heterocycles. The van der Waals surface area contributed by atoms with Crippen molar-refractivity contribution in [2.45, 2.75) is 6.61 Å². The predicted molar refractivity (Wildman–Crippen MR) is 73.2 cm³/mol. The Kier molecular flexibility index (Phi) is 4.21. The van der Waals surface area contributed by atoms with E-state index in [0.29, 0.717) is 32.8 Å². The predicted octanol–water partition coefficient (Wildman–Crippen LogP) is 3.85. The van der Waals surface area contributed by atoms with E-state index in [0.717, 1.165) is 0 Å². The Morgan fingerprint density at radius 2 is 2.28 bits per heavy atom. The Balaban J connectivity index is 2.56. The third-order valence-corrected chi connectivity index (χ3v) is 3.14. The molecule has 6 heteroatoms. The zero-order chi connectivity index (χ0) is 13.1. The highest BCUT2D eigenvalue weighted by Crippen LogP contribution is 2.26. The lowest BCUT2D eigenvalue weighted by Gasteiger charge is -2.07. The Morgan fingerprint density at radius 3 is 3.00 bits per heavy atom. The summed E-state index contributed by atoms with van der Waals surface area (Å²) < 4.78 is 19.8. The lowest BCUT2D eigenvalue weighted by molar-refractivity contribution is 0.177. The Hall–Kier alpha value is -1.11. The van der Waals surface area contributed by atoms with Crippen LogP contribution >= 0.6 is 28.1 Å². The van der Waals surface area contributed by atoms with Crippen molar-refractivity contribution in [3.05, 3.63) is 45.0 Å². The fourth-order valence-electron chi connectivity index (χ4n) is 1.57. The molecule has 0 atom stereocenters. The Morgan fingerprint density at radius 1 is 1.50 bits per heavy atom. The van der Waals surface area contributed by atoms with Crippen molar-refractivity contribution in [2.75, 3.05) is 7.11 Å². The van der Waals surface area contributed by atoms with E-state index < -0.39 is 0 Å². The van der Waals surface area contributed by atoms with E-state index in [-0.39, 0.29) is 5.82 Å². The summed E-state index contributed by atoms with van der Waals surface area (Å²) >= 11 is 8.21. The van der Waals surface area contributed by atoms with Gasteiger partial charge >= 0.3 is 0 Å². The molecule has 1 aromatic carbocycles. The standard InChI is InChI=1S/C12H10BrFN2OS/c1-17-6-10-15-9(5-11(18)16-10)7-3-2-4-8(13)12(7)14/h2-5H,6H2,1H3,(H,15,16,18). The zero-order valence-corrected chi connectivity index (χ0v) is 11.9. The minimum absolute atomic E-state index is 0.299. The molecule has 0 radical (unpaired) electrons. The smallest absolute Gasteiger partial charge is 0.146 e. The number of nitrogens with one attached hydrogen (secondary N) is 1. The van der Waals surface area contributed by atoms with Gasteiger partial charge in [-0.15, -0.1) is 0 Å². The summed E-state index contributed by atoms with van der Waals surface area (Å²) in [5, 5.41) is 0. The molecule has 3 nitrogen and oxygen atoms in total. The molecule has 18 heavy (non-hydrogen) atoms. The van der Waals surface area contributed by atoms with Gasteiger partial charge in [-0.3, -0.25) is 0 Å². The van der Waals surface area contributed by atoms with Gasteiger partial charge in [-0.05, 0) is 34.1 Å². The van der Waals surface area contributed by atoms with Crippen LogP contribution in [0.5, 0.6) is 0 Å². The van der Waals surface area contributed by atoms with Crippen LogP contribution in [0, 0.1) is 10.5 Å². The molecule has 1 N–H and O–H groups in total. The minimum Gasteiger partial charge on any atom is -0.377 e. The van der Waals surface area contributed by atoms with Gasteiger partial charge in [0.25, 0.3) is 0 Å². The molecule has 0 aliphatic carbocycles. The minimum atomic E-state index is -0.335. The number of H-pyrrole nitrogens is 1. The van der Waals surface area contributed by atoms with Crippen molar-refractivity contribution in [1.29, 1.82) is 0 Å². The summed E-state index contributed by atoms with van der Waals surface area (Å²) in [5.41, 5.74) is 1.02. The molecule has 94 valence electrons. The summed E-state index contributed by atoms with van der Waals surface area (Å²) in [6, 6.07) is 6.71. The Labute approximate surface area is 117 Å². The highest BCUT2D eigenvalue weighted by Gasteiger charge is 2.09.